The zero-order chi connectivity index (χ0) is 16.7. The van der Waals surface area contributed by atoms with Crippen molar-refractivity contribution in [3.05, 3.63) is 46.2 Å². The Hall–Kier alpha value is -1.57. The van der Waals surface area contributed by atoms with Crippen LogP contribution in [0.15, 0.2) is 24.3 Å². The van der Waals surface area contributed by atoms with E-state index in [9.17, 15) is 9.50 Å². The number of aromatic nitrogens is 3. The van der Waals surface area contributed by atoms with E-state index in [1.807, 2.05) is 10.6 Å². The van der Waals surface area contributed by atoms with Crippen molar-refractivity contribution >= 4 is 12.2 Å². The molecule has 1 aromatic carbocycles. The molecule has 1 aliphatic heterocycles. The Kier molecular flexibility index (Phi) is 4.24. The first-order valence-corrected chi connectivity index (χ1v) is 8.87. The summed E-state index contributed by atoms with van der Waals surface area (Å²) in [5.74, 6) is 0.445. The van der Waals surface area contributed by atoms with Gasteiger partial charge in [0.25, 0.3) is 0 Å². The topological polar surface area (TPSA) is 46.2 Å². The van der Waals surface area contributed by atoms with Gasteiger partial charge in [-0.2, -0.15) is 5.10 Å². The van der Waals surface area contributed by atoms with Gasteiger partial charge in [0.1, 0.15) is 12.4 Å². The zero-order valence-electron chi connectivity index (χ0n) is 13.4. The predicted molar refractivity (Wildman–Crippen MR) is 90.3 cm³/mol. The largest absolute Gasteiger partial charge is 0.388 e. The van der Waals surface area contributed by atoms with Crippen LogP contribution in [-0.2, 0) is 13.3 Å². The second-order valence-corrected chi connectivity index (χ2v) is 6.99. The SMILES string of the molecule is OCc1nn(CN2CCCC2c2cccc(F)c2)c(=S)n1C1CC1. The van der Waals surface area contributed by atoms with Crippen LogP contribution in [-0.4, -0.2) is 30.9 Å². The first kappa shape index (κ1) is 15.9. The maximum absolute atomic E-state index is 13.6. The van der Waals surface area contributed by atoms with Gasteiger partial charge in [0.2, 0.25) is 0 Å². The van der Waals surface area contributed by atoms with E-state index in [1.165, 1.54) is 6.07 Å². The molecular formula is C17H21FN4OS. The van der Waals surface area contributed by atoms with Gasteiger partial charge >= 0.3 is 0 Å². The molecule has 2 aliphatic rings. The van der Waals surface area contributed by atoms with E-state index < -0.39 is 0 Å². The Labute approximate surface area is 145 Å². The van der Waals surface area contributed by atoms with Crippen molar-refractivity contribution in [2.45, 2.75) is 51.0 Å². The molecular weight excluding hydrogens is 327 g/mol. The van der Waals surface area contributed by atoms with Crippen LogP contribution in [0.25, 0.3) is 0 Å². The summed E-state index contributed by atoms with van der Waals surface area (Å²) in [6, 6.07) is 7.41. The predicted octanol–water partition coefficient (Wildman–Crippen LogP) is 3.17. The molecule has 128 valence electrons. The first-order chi connectivity index (χ1) is 11.7. The lowest BCUT2D eigenvalue weighted by Gasteiger charge is -2.24. The number of halogens is 1. The molecule has 2 aromatic rings. The lowest BCUT2D eigenvalue weighted by atomic mass is 10.0. The third-order valence-electron chi connectivity index (χ3n) is 4.91. The van der Waals surface area contributed by atoms with Gasteiger partial charge in [-0.25, -0.2) is 9.07 Å². The zero-order valence-corrected chi connectivity index (χ0v) is 14.3. The summed E-state index contributed by atoms with van der Waals surface area (Å²) in [5, 5.41) is 14.1. The van der Waals surface area contributed by atoms with Crippen molar-refractivity contribution in [3.8, 4) is 0 Å². The third kappa shape index (κ3) is 2.92. The molecule has 1 atom stereocenters. The maximum atomic E-state index is 13.6. The molecule has 7 heteroatoms. The smallest absolute Gasteiger partial charge is 0.199 e. The van der Waals surface area contributed by atoms with Gasteiger partial charge < -0.3 is 5.11 Å². The Morgan fingerprint density at radius 2 is 2.12 bits per heavy atom. The molecule has 1 aliphatic carbocycles. The van der Waals surface area contributed by atoms with E-state index in [0.29, 0.717) is 23.3 Å². The fraction of sp³-hybridized carbons (Fsp3) is 0.529. The molecule has 5 nitrogen and oxygen atoms in total. The summed E-state index contributed by atoms with van der Waals surface area (Å²) >= 11 is 5.57. The number of aliphatic hydroxyl groups excluding tert-OH is 1. The minimum absolute atomic E-state index is 0.0968. The van der Waals surface area contributed by atoms with E-state index in [0.717, 1.165) is 37.8 Å². The van der Waals surface area contributed by atoms with Gasteiger partial charge in [-0.05, 0) is 55.6 Å². The lowest BCUT2D eigenvalue weighted by Crippen LogP contribution is -2.27. The van der Waals surface area contributed by atoms with Gasteiger partial charge in [0.15, 0.2) is 10.6 Å². The molecule has 24 heavy (non-hydrogen) atoms. The van der Waals surface area contributed by atoms with Gasteiger partial charge in [0, 0.05) is 18.6 Å². The minimum Gasteiger partial charge on any atom is -0.388 e. The molecule has 1 saturated carbocycles. The van der Waals surface area contributed by atoms with Crippen molar-refractivity contribution in [2.24, 2.45) is 0 Å². The number of benzene rings is 1. The molecule has 1 N–H and O–H groups in total. The van der Waals surface area contributed by atoms with E-state index >= 15 is 0 Å². The highest BCUT2D eigenvalue weighted by Gasteiger charge is 2.30. The second-order valence-electron chi connectivity index (χ2n) is 6.62. The maximum Gasteiger partial charge on any atom is 0.199 e. The fourth-order valence-electron chi connectivity index (χ4n) is 3.62. The summed E-state index contributed by atoms with van der Waals surface area (Å²) in [6.07, 6.45) is 4.28. The molecule has 1 unspecified atom stereocenters. The van der Waals surface area contributed by atoms with E-state index in [4.69, 9.17) is 12.2 Å². The van der Waals surface area contributed by atoms with Crippen molar-refractivity contribution in [1.82, 2.24) is 19.2 Å². The van der Waals surface area contributed by atoms with E-state index in [-0.39, 0.29) is 18.5 Å². The number of hydrogen-bond acceptors (Lipinski definition) is 4. The highest BCUT2D eigenvalue weighted by Crippen LogP contribution is 2.37. The summed E-state index contributed by atoms with van der Waals surface area (Å²) in [7, 11) is 0. The second kappa shape index (κ2) is 6.38. The summed E-state index contributed by atoms with van der Waals surface area (Å²) in [4.78, 5) is 2.29. The molecule has 2 fully saturated rings. The van der Waals surface area contributed by atoms with Crippen LogP contribution in [0.3, 0.4) is 0 Å². The number of hydrogen-bond donors (Lipinski definition) is 1. The van der Waals surface area contributed by atoms with Gasteiger partial charge in [-0.3, -0.25) is 9.47 Å². The molecule has 1 aromatic heterocycles. The molecule has 1 saturated heterocycles. The molecule has 0 radical (unpaired) electrons. The molecule has 0 amide bonds. The Morgan fingerprint density at radius 3 is 2.83 bits per heavy atom. The van der Waals surface area contributed by atoms with Crippen LogP contribution in [0.4, 0.5) is 4.39 Å². The van der Waals surface area contributed by atoms with Crippen LogP contribution in [0.5, 0.6) is 0 Å². The monoisotopic (exact) mass is 348 g/mol. The van der Waals surface area contributed by atoms with Crippen LogP contribution >= 0.6 is 12.2 Å². The van der Waals surface area contributed by atoms with Crippen molar-refractivity contribution in [1.29, 1.82) is 0 Å². The summed E-state index contributed by atoms with van der Waals surface area (Å²) in [5.41, 5.74) is 1.00. The lowest BCUT2D eigenvalue weighted by molar-refractivity contribution is 0.188. The highest BCUT2D eigenvalue weighted by atomic mass is 32.1. The minimum atomic E-state index is -0.198. The fourth-order valence-corrected chi connectivity index (χ4v) is 3.98. The van der Waals surface area contributed by atoms with Crippen LogP contribution in [0, 0.1) is 10.6 Å². The molecule has 0 bridgehead atoms. The Morgan fingerprint density at radius 1 is 1.29 bits per heavy atom. The number of rotatable bonds is 5. The standard InChI is InChI=1S/C17H21FN4OS/c18-13-4-1-3-12(9-13)15-5-2-8-20(15)11-21-17(24)22(14-6-7-14)16(10-23)19-21/h1,3-4,9,14-15,23H,2,5-8,10-11H2. The van der Waals surface area contributed by atoms with E-state index in [2.05, 4.69) is 10.00 Å². The van der Waals surface area contributed by atoms with Crippen molar-refractivity contribution in [2.75, 3.05) is 6.54 Å². The van der Waals surface area contributed by atoms with Crippen LogP contribution in [0.1, 0.15) is 49.2 Å². The number of aliphatic hydroxyl groups is 1. The average molecular weight is 348 g/mol. The van der Waals surface area contributed by atoms with Gasteiger partial charge in [-0.15, -0.1) is 0 Å². The molecule has 0 spiro atoms. The highest BCUT2D eigenvalue weighted by molar-refractivity contribution is 7.71. The summed E-state index contributed by atoms with van der Waals surface area (Å²) < 4.78 is 18.0. The molecule has 4 rings (SSSR count). The Balaban J connectivity index is 1.59. The van der Waals surface area contributed by atoms with Gasteiger partial charge in [-0.1, -0.05) is 12.1 Å². The third-order valence-corrected chi connectivity index (χ3v) is 5.31. The number of nitrogens with zero attached hydrogens (tertiary/aromatic N) is 4. The van der Waals surface area contributed by atoms with Crippen molar-refractivity contribution in [3.63, 3.8) is 0 Å². The summed E-state index contributed by atoms with van der Waals surface area (Å²) in [6.45, 7) is 1.42. The molecule has 2 heterocycles. The van der Waals surface area contributed by atoms with Crippen molar-refractivity contribution < 1.29 is 9.50 Å². The Bertz CT molecular complexity index is 798. The normalized spacial score (nSPS) is 21.5. The number of likely N-dealkylation sites (tertiary alicyclic amines) is 1. The van der Waals surface area contributed by atoms with E-state index in [1.54, 1.807) is 16.8 Å². The van der Waals surface area contributed by atoms with Crippen LogP contribution in [0.2, 0.25) is 0 Å². The first-order valence-electron chi connectivity index (χ1n) is 8.46. The quantitative estimate of drug-likeness (QED) is 0.843. The van der Waals surface area contributed by atoms with Crippen LogP contribution < -0.4 is 0 Å². The van der Waals surface area contributed by atoms with Gasteiger partial charge in [0.05, 0.1) is 6.67 Å². The average Bonchev–Trinajstić information content (AvgIpc) is 3.22.